The number of carbonyl (C=O) groups excluding carboxylic acids is 2. The lowest BCUT2D eigenvalue weighted by Crippen LogP contribution is -2.56. The summed E-state index contributed by atoms with van der Waals surface area (Å²) in [6, 6.07) is 16.2. The normalized spacial score (nSPS) is 12.9. The molecule has 2 aromatic carbocycles. The van der Waals surface area contributed by atoms with Gasteiger partial charge in [0.2, 0.25) is 0 Å². The molecule has 0 unspecified atom stereocenters. The first-order valence-corrected chi connectivity index (χ1v) is 9.14. The van der Waals surface area contributed by atoms with Crippen LogP contribution < -0.4 is 11.1 Å². The van der Waals surface area contributed by atoms with Crippen LogP contribution in [0.25, 0.3) is 0 Å². The minimum Gasteiger partial charge on any atom is -0.461 e. The minimum atomic E-state index is -4.10. The van der Waals surface area contributed by atoms with Gasteiger partial charge in [-0.05, 0) is 17.5 Å². The molecular formula is C21H25ClF2N2O4. The van der Waals surface area contributed by atoms with Gasteiger partial charge < -0.3 is 20.9 Å². The van der Waals surface area contributed by atoms with Crippen molar-refractivity contribution in [2.75, 3.05) is 6.54 Å². The molecule has 30 heavy (non-hydrogen) atoms. The summed E-state index contributed by atoms with van der Waals surface area (Å²) in [6.45, 7) is -0.292. The predicted molar refractivity (Wildman–Crippen MR) is 110 cm³/mol. The lowest BCUT2D eigenvalue weighted by Gasteiger charge is -2.26. The van der Waals surface area contributed by atoms with Crippen LogP contribution in [0.2, 0.25) is 0 Å². The molecular weight excluding hydrogens is 418 g/mol. The van der Waals surface area contributed by atoms with Crippen molar-refractivity contribution in [3.63, 3.8) is 0 Å². The molecule has 0 bridgehead atoms. The maximum Gasteiger partial charge on any atom is 0.351 e. The van der Waals surface area contributed by atoms with E-state index < -0.39 is 29.9 Å². The number of alkyl halides is 2. The Labute approximate surface area is 179 Å². The van der Waals surface area contributed by atoms with Gasteiger partial charge >= 0.3 is 11.9 Å². The van der Waals surface area contributed by atoms with Crippen LogP contribution in [0.4, 0.5) is 8.78 Å². The van der Waals surface area contributed by atoms with Crippen LogP contribution in [0.15, 0.2) is 60.7 Å². The highest BCUT2D eigenvalue weighted by Crippen LogP contribution is 2.22. The number of hydrogen-bond acceptors (Lipinski definition) is 5. The second kappa shape index (κ2) is 12.2. The van der Waals surface area contributed by atoms with Crippen LogP contribution in [-0.2, 0) is 27.4 Å². The third kappa shape index (κ3) is 7.70. The summed E-state index contributed by atoms with van der Waals surface area (Å²) in [5.74, 6) is -6.43. The lowest BCUT2D eigenvalue weighted by molar-refractivity contribution is -0.165. The van der Waals surface area contributed by atoms with E-state index in [-0.39, 0.29) is 38.4 Å². The fraction of sp³-hybridized carbons (Fsp3) is 0.333. The van der Waals surface area contributed by atoms with E-state index in [1.807, 2.05) is 11.4 Å². The Balaban J connectivity index is 0.00000450. The summed E-state index contributed by atoms with van der Waals surface area (Å²) in [5, 5.41) is 11.8. The molecule has 0 saturated carbocycles. The topological polar surface area (TPSA) is 102 Å². The Hall–Kier alpha value is -2.55. The zero-order valence-corrected chi connectivity index (χ0v) is 17.0. The summed E-state index contributed by atoms with van der Waals surface area (Å²) in [5.41, 5.74) is 7.11. The molecule has 9 heteroatoms. The van der Waals surface area contributed by atoms with E-state index in [0.29, 0.717) is 5.56 Å². The van der Waals surface area contributed by atoms with Crippen molar-refractivity contribution in [2.24, 2.45) is 5.73 Å². The Morgan fingerprint density at radius 3 is 2.13 bits per heavy atom. The first-order chi connectivity index (χ1) is 13.8. The number of benzene rings is 2. The number of aliphatic hydroxyl groups excluding tert-OH is 1. The lowest BCUT2D eigenvalue weighted by atomic mass is 9.97. The van der Waals surface area contributed by atoms with Crippen molar-refractivity contribution < 1.29 is 28.2 Å². The Morgan fingerprint density at radius 2 is 1.57 bits per heavy atom. The molecule has 0 saturated heterocycles. The zero-order valence-electron chi connectivity index (χ0n) is 16.2. The largest absolute Gasteiger partial charge is 0.461 e. The Bertz CT molecular complexity index is 794. The molecule has 0 aliphatic rings. The standard InChI is InChI=1S/C21H24F2N2O4.ClH/c22-21(23,19(27)17(24)13-15-7-3-1-4-8-15)20(28)25-12-11-18(26)29-14-16-9-5-2-6-10-16;/h1-10,17,19,27H,11-14,24H2,(H,25,28);1H/t17-,19+;/m0./s1. The smallest absolute Gasteiger partial charge is 0.351 e. The van der Waals surface area contributed by atoms with E-state index in [9.17, 15) is 23.5 Å². The number of halogens is 3. The second-order valence-electron chi connectivity index (χ2n) is 6.57. The molecule has 4 N–H and O–H groups in total. The van der Waals surface area contributed by atoms with E-state index in [1.54, 1.807) is 54.6 Å². The monoisotopic (exact) mass is 442 g/mol. The number of nitrogens with two attached hydrogens (primary N) is 1. The van der Waals surface area contributed by atoms with E-state index in [2.05, 4.69) is 0 Å². The van der Waals surface area contributed by atoms with Crippen molar-refractivity contribution in [1.82, 2.24) is 5.32 Å². The van der Waals surface area contributed by atoms with Gasteiger partial charge in [0.15, 0.2) is 0 Å². The Kier molecular flexibility index (Phi) is 10.4. The van der Waals surface area contributed by atoms with Crippen LogP contribution in [0.5, 0.6) is 0 Å². The highest BCUT2D eigenvalue weighted by molar-refractivity contribution is 5.85. The van der Waals surface area contributed by atoms with Gasteiger partial charge in [-0.1, -0.05) is 60.7 Å². The summed E-state index contributed by atoms with van der Waals surface area (Å²) in [6.07, 6.45) is -2.66. The van der Waals surface area contributed by atoms with Gasteiger partial charge in [0.25, 0.3) is 5.91 Å². The maximum absolute atomic E-state index is 14.2. The van der Waals surface area contributed by atoms with E-state index in [4.69, 9.17) is 10.5 Å². The first-order valence-electron chi connectivity index (χ1n) is 9.14. The highest BCUT2D eigenvalue weighted by Gasteiger charge is 2.49. The number of ether oxygens (including phenoxy) is 1. The van der Waals surface area contributed by atoms with Crippen LogP contribution in [0.3, 0.4) is 0 Å². The number of carbonyl (C=O) groups is 2. The number of amides is 1. The SMILES string of the molecule is Cl.N[C@@H](Cc1ccccc1)[C@@H](O)C(F)(F)C(=O)NCCC(=O)OCc1ccccc1. The molecule has 6 nitrogen and oxygen atoms in total. The van der Waals surface area contributed by atoms with Gasteiger partial charge in [-0.3, -0.25) is 9.59 Å². The molecule has 0 heterocycles. The third-order valence-corrected chi connectivity index (χ3v) is 4.25. The fourth-order valence-electron chi connectivity index (χ4n) is 2.61. The molecule has 0 aliphatic heterocycles. The van der Waals surface area contributed by atoms with Gasteiger partial charge in [-0.25, -0.2) is 0 Å². The number of hydrogen-bond donors (Lipinski definition) is 3. The van der Waals surface area contributed by atoms with Crippen molar-refractivity contribution in [1.29, 1.82) is 0 Å². The van der Waals surface area contributed by atoms with E-state index in [1.165, 1.54) is 0 Å². The average Bonchev–Trinajstić information content (AvgIpc) is 2.73. The van der Waals surface area contributed by atoms with Crippen molar-refractivity contribution >= 4 is 24.3 Å². The van der Waals surface area contributed by atoms with Crippen molar-refractivity contribution in [2.45, 2.75) is 37.5 Å². The molecule has 1 amide bonds. The summed E-state index contributed by atoms with van der Waals surface area (Å²) >= 11 is 0. The molecule has 0 spiro atoms. The quantitative estimate of drug-likeness (QED) is 0.490. The predicted octanol–water partition coefficient (Wildman–Crippen LogP) is 2.22. The van der Waals surface area contributed by atoms with Gasteiger partial charge in [0.05, 0.1) is 6.42 Å². The minimum absolute atomic E-state index is 0. The number of aliphatic hydroxyl groups is 1. The molecule has 2 rings (SSSR count). The Morgan fingerprint density at radius 1 is 1.03 bits per heavy atom. The molecule has 0 radical (unpaired) electrons. The average molecular weight is 443 g/mol. The van der Waals surface area contributed by atoms with E-state index >= 15 is 0 Å². The third-order valence-electron chi connectivity index (χ3n) is 4.25. The summed E-state index contributed by atoms with van der Waals surface area (Å²) < 4.78 is 33.4. The highest BCUT2D eigenvalue weighted by atomic mass is 35.5. The van der Waals surface area contributed by atoms with Crippen LogP contribution in [0, 0.1) is 0 Å². The molecule has 164 valence electrons. The van der Waals surface area contributed by atoms with Crippen molar-refractivity contribution in [3.8, 4) is 0 Å². The summed E-state index contributed by atoms with van der Waals surface area (Å²) in [4.78, 5) is 23.5. The zero-order chi connectivity index (χ0) is 21.3. The first kappa shape index (κ1) is 25.5. The molecule has 0 aromatic heterocycles. The molecule has 2 atom stereocenters. The van der Waals surface area contributed by atoms with Gasteiger partial charge in [0, 0.05) is 12.6 Å². The van der Waals surface area contributed by atoms with Crippen LogP contribution >= 0.6 is 12.4 Å². The van der Waals surface area contributed by atoms with Crippen molar-refractivity contribution in [3.05, 3.63) is 71.8 Å². The number of nitrogens with one attached hydrogen (secondary N) is 1. The molecule has 2 aromatic rings. The second-order valence-corrected chi connectivity index (χ2v) is 6.57. The maximum atomic E-state index is 14.2. The number of esters is 1. The molecule has 0 fully saturated rings. The van der Waals surface area contributed by atoms with E-state index in [0.717, 1.165) is 5.56 Å². The van der Waals surface area contributed by atoms with Crippen LogP contribution in [-0.4, -0.2) is 41.6 Å². The van der Waals surface area contributed by atoms with Gasteiger partial charge in [-0.2, -0.15) is 8.78 Å². The van der Waals surface area contributed by atoms with Crippen LogP contribution in [0.1, 0.15) is 17.5 Å². The fourth-order valence-corrected chi connectivity index (χ4v) is 2.61. The van der Waals surface area contributed by atoms with Gasteiger partial charge in [0.1, 0.15) is 12.7 Å². The van der Waals surface area contributed by atoms with Gasteiger partial charge in [-0.15, -0.1) is 12.4 Å². The molecule has 0 aliphatic carbocycles. The summed E-state index contributed by atoms with van der Waals surface area (Å²) in [7, 11) is 0. The number of rotatable bonds is 10.